The van der Waals surface area contributed by atoms with E-state index in [9.17, 15) is 19.8 Å². The first-order chi connectivity index (χ1) is 6.45. The van der Waals surface area contributed by atoms with Crippen LogP contribution in [-0.2, 0) is 0 Å². The molecule has 74 valence electrons. The Morgan fingerprint density at radius 3 is 1.31 bits per heavy atom. The van der Waals surface area contributed by atoms with E-state index in [1.165, 1.54) is 0 Å². The van der Waals surface area contributed by atoms with E-state index in [4.69, 9.17) is 10.2 Å². The zero-order valence-electron chi connectivity index (χ0n) is 8.68. The van der Waals surface area contributed by atoms with Gasteiger partial charge in [0.25, 0.3) is 0 Å². The van der Waals surface area contributed by atoms with Gasteiger partial charge in [-0.15, -0.1) is 11.5 Å². The zero-order valence-corrected chi connectivity index (χ0v) is 14.9. The summed E-state index contributed by atoms with van der Waals surface area (Å²) in [7, 11) is 0. The van der Waals surface area contributed by atoms with Crippen molar-refractivity contribution < 1.29 is 133 Å². The number of benzene rings is 1. The van der Waals surface area contributed by atoms with Gasteiger partial charge in [0.05, 0.1) is 11.1 Å². The van der Waals surface area contributed by atoms with E-state index in [0.717, 1.165) is 12.1 Å². The van der Waals surface area contributed by atoms with Gasteiger partial charge >= 0.3 is 115 Å². The van der Waals surface area contributed by atoms with Gasteiger partial charge in [0.1, 0.15) is 0 Å². The summed E-state index contributed by atoms with van der Waals surface area (Å²) in [5.41, 5.74) is -1.44. The Morgan fingerprint density at radius 1 is 0.875 bits per heavy atom. The molecule has 0 aliphatic rings. The van der Waals surface area contributed by atoms with Crippen LogP contribution in [0.1, 0.15) is 20.7 Å². The Bertz CT molecular complexity index is 378. The van der Waals surface area contributed by atoms with Gasteiger partial charge in [-0.25, -0.2) is 9.59 Å². The number of hydrogen-bond donors (Lipinski definition) is 2. The SMILES string of the molecule is O=C(O)c1ccc(C(=O)O)c([O-])c1[O-].[K+].[K+]. The molecule has 0 aromatic heterocycles. The molecule has 1 aromatic rings. The quantitative estimate of drug-likeness (QED) is 0.517. The summed E-state index contributed by atoms with van der Waals surface area (Å²) in [6.45, 7) is 0. The Balaban J connectivity index is 0. The summed E-state index contributed by atoms with van der Waals surface area (Å²) >= 11 is 0. The van der Waals surface area contributed by atoms with E-state index in [0.29, 0.717) is 0 Å². The third kappa shape index (κ3) is 4.37. The molecule has 0 bridgehead atoms. The minimum Gasteiger partial charge on any atom is -0.872 e. The van der Waals surface area contributed by atoms with Gasteiger partial charge in [-0.2, -0.15) is 0 Å². The van der Waals surface area contributed by atoms with Gasteiger partial charge in [0, 0.05) is 0 Å². The van der Waals surface area contributed by atoms with Crippen LogP contribution in [-0.4, -0.2) is 22.2 Å². The van der Waals surface area contributed by atoms with Gasteiger partial charge in [0.15, 0.2) is 0 Å². The van der Waals surface area contributed by atoms with Crippen LogP contribution in [0.5, 0.6) is 11.5 Å². The molecule has 1 rings (SSSR count). The van der Waals surface area contributed by atoms with Gasteiger partial charge < -0.3 is 20.4 Å². The van der Waals surface area contributed by atoms with Crippen molar-refractivity contribution in [2.75, 3.05) is 0 Å². The first-order valence-electron chi connectivity index (χ1n) is 3.42. The van der Waals surface area contributed by atoms with Crippen LogP contribution in [0.3, 0.4) is 0 Å². The van der Waals surface area contributed by atoms with Gasteiger partial charge in [0.2, 0.25) is 0 Å². The van der Waals surface area contributed by atoms with Crippen LogP contribution in [0.2, 0.25) is 0 Å². The largest absolute Gasteiger partial charge is 1.00 e. The predicted octanol–water partition coefficient (Wildman–Crippen LogP) is -6.76. The van der Waals surface area contributed by atoms with Crippen LogP contribution in [0.4, 0.5) is 0 Å². The second kappa shape index (κ2) is 8.19. The van der Waals surface area contributed by atoms with Crippen molar-refractivity contribution in [2.45, 2.75) is 0 Å². The Kier molecular flexibility index (Phi) is 9.92. The first kappa shape index (κ1) is 19.4. The van der Waals surface area contributed by atoms with E-state index in [2.05, 4.69) is 0 Å². The number of aromatic carboxylic acids is 2. The van der Waals surface area contributed by atoms with Crippen LogP contribution in [0.25, 0.3) is 0 Å². The topological polar surface area (TPSA) is 121 Å². The summed E-state index contributed by atoms with van der Waals surface area (Å²) in [6, 6.07) is 1.60. The molecular formula is C8H4K2O6. The number of hydrogen-bond acceptors (Lipinski definition) is 4. The minimum atomic E-state index is -1.55. The molecule has 1 aromatic carbocycles. The summed E-state index contributed by atoms with van der Waals surface area (Å²) in [6.07, 6.45) is 0. The molecule has 0 atom stereocenters. The third-order valence-corrected chi connectivity index (χ3v) is 1.57. The van der Waals surface area contributed by atoms with Crippen molar-refractivity contribution in [1.29, 1.82) is 0 Å². The van der Waals surface area contributed by atoms with Crippen LogP contribution in [0, 0.1) is 0 Å². The molecule has 0 unspecified atom stereocenters. The molecule has 6 nitrogen and oxygen atoms in total. The average Bonchev–Trinajstić information content (AvgIpc) is 2.08. The molecule has 0 aliphatic carbocycles. The van der Waals surface area contributed by atoms with Crippen LogP contribution in [0.15, 0.2) is 12.1 Å². The van der Waals surface area contributed by atoms with Crippen molar-refractivity contribution in [3.8, 4) is 11.5 Å². The fourth-order valence-electron chi connectivity index (χ4n) is 0.899. The maximum Gasteiger partial charge on any atom is 1.00 e. The Hall–Kier alpha value is 1.03. The summed E-state index contributed by atoms with van der Waals surface area (Å²) in [4.78, 5) is 20.7. The molecule has 0 saturated carbocycles. The van der Waals surface area contributed by atoms with E-state index < -0.39 is 34.6 Å². The molecule has 0 saturated heterocycles. The Labute approximate surface area is 176 Å². The minimum absolute atomic E-state index is 0. The number of carboxylic acid groups (broad SMARTS) is 2. The summed E-state index contributed by atoms with van der Waals surface area (Å²) in [5.74, 6) is -5.72. The summed E-state index contributed by atoms with van der Waals surface area (Å²) < 4.78 is 0. The molecule has 0 radical (unpaired) electrons. The van der Waals surface area contributed by atoms with Crippen LogP contribution >= 0.6 is 0 Å². The second-order valence-electron chi connectivity index (χ2n) is 2.43. The maximum atomic E-state index is 11.0. The third-order valence-electron chi connectivity index (χ3n) is 1.57. The van der Waals surface area contributed by atoms with E-state index in [-0.39, 0.29) is 103 Å². The molecule has 0 heterocycles. The molecule has 2 N–H and O–H groups in total. The molecule has 0 amide bonds. The van der Waals surface area contributed by atoms with Crippen molar-refractivity contribution in [3.05, 3.63) is 23.3 Å². The molecular weight excluding hydrogens is 270 g/mol. The molecule has 16 heavy (non-hydrogen) atoms. The fraction of sp³-hybridized carbons (Fsp3) is 0. The van der Waals surface area contributed by atoms with Crippen molar-refractivity contribution in [3.63, 3.8) is 0 Å². The summed E-state index contributed by atoms with van der Waals surface area (Å²) in [5, 5.41) is 38.8. The monoisotopic (exact) mass is 274 g/mol. The van der Waals surface area contributed by atoms with Crippen molar-refractivity contribution in [1.82, 2.24) is 0 Å². The Morgan fingerprint density at radius 2 is 1.12 bits per heavy atom. The van der Waals surface area contributed by atoms with Gasteiger partial charge in [-0.05, 0) is 12.1 Å². The molecule has 0 aliphatic heterocycles. The predicted molar refractivity (Wildman–Crippen MR) is 39.3 cm³/mol. The van der Waals surface area contributed by atoms with Crippen LogP contribution < -0.4 is 113 Å². The number of carbonyl (C=O) groups is 2. The second-order valence-corrected chi connectivity index (χ2v) is 2.43. The van der Waals surface area contributed by atoms with Gasteiger partial charge in [-0.1, -0.05) is 0 Å². The standard InChI is InChI=1S/C8H6O6.2K/c9-5-3(7(11)12)1-2-4(6(5)10)8(13)14;;/h1-2,9-10H,(H,11,12)(H,13,14);;/q;2*+1/p-2. The van der Waals surface area contributed by atoms with E-state index >= 15 is 0 Å². The van der Waals surface area contributed by atoms with Crippen molar-refractivity contribution in [2.24, 2.45) is 0 Å². The smallest absolute Gasteiger partial charge is 0.872 e. The molecule has 0 fully saturated rings. The number of rotatable bonds is 2. The molecule has 8 heteroatoms. The first-order valence-corrected chi connectivity index (χ1v) is 3.42. The fourth-order valence-corrected chi connectivity index (χ4v) is 0.899. The van der Waals surface area contributed by atoms with E-state index in [1.54, 1.807) is 0 Å². The normalized spacial score (nSPS) is 8.50. The zero-order chi connectivity index (χ0) is 10.9. The maximum absolute atomic E-state index is 11.0. The average molecular weight is 274 g/mol. The molecule has 0 spiro atoms. The van der Waals surface area contributed by atoms with E-state index in [1.807, 2.05) is 0 Å². The van der Waals surface area contributed by atoms with Gasteiger partial charge in [-0.3, -0.25) is 0 Å². The number of carboxylic acids is 2. The van der Waals surface area contributed by atoms with Crippen molar-refractivity contribution >= 4 is 11.9 Å².